The number of carbonyl (C=O) groups is 1. The quantitative estimate of drug-likeness (QED) is 0.544. The number of aromatic carboxylic acids is 1. The summed E-state index contributed by atoms with van der Waals surface area (Å²) in [6.45, 7) is 5.21. The highest BCUT2D eigenvalue weighted by molar-refractivity contribution is 6.31. The van der Waals surface area contributed by atoms with Gasteiger partial charge in [-0.05, 0) is 41.5 Å². The number of carboxylic acids is 1. The van der Waals surface area contributed by atoms with Gasteiger partial charge in [0, 0.05) is 27.2 Å². The van der Waals surface area contributed by atoms with Gasteiger partial charge in [-0.1, -0.05) is 25.4 Å². The molecule has 0 aromatic carbocycles. The minimum Gasteiger partial charge on any atom is -0.490 e. The molecule has 2 heterocycles. The Hall–Kier alpha value is -2.38. The van der Waals surface area contributed by atoms with Gasteiger partial charge < -0.3 is 19.1 Å². The number of hydrogen-bond donors (Lipinski definition) is 1. The third-order valence-corrected chi connectivity index (χ3v) is 5.59. The van der Waals surface area contributed by atoms with Crippen LogP contribution in [-0.4, -0.2) is 41.0 Å². The van der Waals surface area contributed by atoms with Crippen molar-refractivity contribution in [3.05, 3.63) is 44.3 Å². The Morgan fingerprint density at radius 2 is 2.10 bits per heavy atom. The molecule has 8 heteroatoms. The number of halogens is 1. The molecule has 1 N–H and O–H groups in total. The second-order valence-electron chi connectivity index (χ2n) is 7.57. The first-order valence-corrected chi connectivity index (χ1v) is 9.92. The number of carboxylic acid groups (broad SMARTS) is 1. The lowest BCUT2D eigenvalue weighted by Gasteiger charge is -2.31. The van der Waals surface area contributed by atoms with E-state index >= 15 is 0 Å². The molecule has 3 rings (SSSR count). The Bertz CT molecular complexity index is 1000. The van der Waals surface area contributed by atoms with Crippen molar-refractivity contribution in [2.24, 2.45) is 13.0 Å². The van der Waals surface area contributed by atoms with Gasteiger partial charge in [-0.15, -0.1) is 0 Å². The van der Waals surface area contributed by atoms with Crippen LogP contribution in [0.25, 0.3) is 11.4 Å². The fraction of sp³-hybridized carbons (Fsp3) is 0.476. The maximum atomic E-state index is 12.6. The maximum Gasteiger partial charge on any atom is 0.341 e. The molecule has 0 aliphatic heterocycles. The maximum absolute atomic E-state index is 12.6. The van der Waals surface area contributed by atoms with E-state index in [1.165, 1.54) is 10.6 Å². The highest BCUT2D eigenvalue weighted by atomic mass is 35.5. The highest BCUT2D eigenvalue weighted by Crippen LogP contribution is 2.43. The van der Waals surface area contributed by atoms with Gasteiger partial charge in [0.2, 0.25) is 0 Å². The molecule has 1 aliphatic rings. The first-order chi connectivity index (χ1) is 13.8. The summed E-state index contributed by atoms with van der Waals surface area (Å²) in [7, 11) is 3.21. The number of pyridine rings is 2. The zero-order valence-corrected chi connectivity index (χ0v) is 17.7. The second-order valence-corrected chi connectivity index (χ2v) is 7.92. The molecule has 7 nitrogen and oxygen atoms in total. The summed E-state index contributed by atoms with van der Waals surface area (Å²) in [6, 6.07) is 3.38. The third-order valence-electron chi connectivity index (χ3n) is 5.32. The van der Waals surface area contributed by atoms with Crippen LogP contribution >= 0.6 is 11.6 Å². The van der Waals surface area contributed by atoms with Gasteiger partial charge in [0.15, 0.2) is 10.9 Å². The number of aromatic nitrogens is 2. The molecular formula is C21H25ClN2O5. The molecule has 0 saturated heterocycles. The zero-order chi connectivity index (χ0) is 21.3. The van der Waals surface area contributed by atoms with Gasteiger partial charge in [-0.3, -0.25) is 4.79 Å². The smallest absolute Gasteiger partial charge is 0.341 e. The monoisotopic (exact) mass is 420 g/mol. The molecule has 0 fully saturated rings. The summed E-state index contributed by atoms with van der Waals surface area (Å²) in [5, 5.41) is 9.65. The van der Waals surface area contributed by atoms with Crippen molar-refractivity contribution in [3.63, 3.8) is 0 Å². The first kappa shape index (κ1) is 21.3. The Balaban J connectivity index is 2.14. The molecule has 0 radical (unpaired) electrons. The van der Waals surface area contributed by atoms with Crippen molar-refractivity contribution in [2.45, 2.75) is 32.6 Å². The Kier molecular flexibility index (Phi) is 6.29. The van der Waals surface area contributed by atoms with Crippen molar-refractivity contribution >= 4 is 17.6 Å². The van der Waals surface area contributed by atoms with Crippen LogP contribution in [0.3, 0.4) is 0 Å². The van der Waals surface area contributed by atoms with E-state index in [1.807, 2.05) is 6.07 Å². The van der Waals surface area contributed by atoms with Crippen LogP contribution in [0.4, 0.5) is 0 Å². The molecule has 0 amide bonds. The fourth-order valence-electron chi connectivity index (χ4n) is 3.79. The van der Waals surface area contributed by atoms with Gasteiger partial charge in [-0.25, -0.2) is 9.78 Å². The molecule has 1 unspecified atom stereocenters. The molecular weight excluding hydrogens is 396 g/mol. The predicted molar refractivity (Wildman–Crippen MR) is 110 cm³/mol. The van der Waals surface area contributed by atoms with Crippen molar-refractivity contribution in [1.29, 1.82) is 0 Å². The average Bonchev–Trinajstić information content (AvgIpc) is 2.67. The van der Waals surface area contributed by atoms with E-state index < -0.39 is 11.5 Å². The molecule has 29 heavy (non-hydrogen) atoms. The minimum atomic E-state index is -1.23. The lowest BCUT2D eigenvalue weighted by molar-refractivity contribution is 0.0694. The lowest BCUT2D eigenvalue weighted by atomic mass is 9.77. The van der Waals surface area contributed by atoms with Crippen LogP contribution in [0.2, 0.25) is 5.15 Å². The number of ether oxygens (including phenoxy) is 2. The van der Waals surface area contributed by atoms with E-state index in [0.717, 1.165) is 17.5 Å². The normalized spacial score (nSPS) is 15.2. The highest BCUT2D eigenvalue weighted by Gasteiger charge is 2.32. The van der Waals surface area contributed by atoms with Gasteiger partial charge in [0.1, 0.15) is 5.56 Å². The molecule has 1 atom stereocenters. The van der Waals surface area contributed by atoms with Crippen LogP contribution in [0.5, 0.6) is 5.75 Å². The summed E-state index contributed by atoms with van der Waals surface area (Å²) < 4.78 is 12.2. The summed E-state index contributed by atoms with van der Waals surface area (Å²) in [4.78, 5) is 28.7. The van der Waals surface area contributed by atoms with Gasteiger partial charge >= 0.3 is 5.97 Å². The largest absolute Gasteiger partial charge is 0.490 e. The van der Waals surface area contributed by atoms with Gasteiger partial charge in [0.25, 0.3) is 5.56 Å². The molecule has 2 aromatic rings. The summed E-state index contributed by atoms with van der Waals surface area (Å²) in [6.07, 6.45) is 1.39. The molecule has 0 bridgehead atoms. The molecule has 156 valence electrons. The molecule has 0 spiro atoms. The van der Waals surface area contributed by atoms with E-state index in [1.54, 1.807) is 14.2 Å². The SMILES string of the molecule is COCCCOc1cc2c(nc1Cl)-c1c(cc(C(=O)O)c(=O)n1C)C(C(C)C)C2. The minimum absolute atomic E-state index is 0.0479. The Morgan fingerprint density at radius 1 is 1.38 bits per heavy atom. The van der Waals surface area contributed by atoms with Crippen LogP contribution in [0, 0.1) is 5.92 Å². The second kappa shape index (κ2) is 8.55. The standard InChI is InChI=1S/C21H25ClN2O5/c1-11(2)13-8-12-9-16(29-7-5-6-28-4)19(22)23-17(12)18-14(13)10-15(21(26)27)20(25)24(18)3/h9-11,13H,5-8H2,1-4H3,(H,26,27). The van der Waals surface area contributed by atoms with Gasteiger partial charge in [0.05, 0.1) is 18.0 Å². The number of fused-ring (bicyclic) bond motifs is 3. The van der Waals surface area contributed by atoms with Crippen LogP contribution in [0.15, 0.2) is 16.9 Å². The van der Waals surface area contributed by atoms with Crippen LogP contribution < -0.4 is 10.3 Å². The Labute approximate surface area is 174 Å². The summed E-state index contributed by atoms with van der Waals surface area (Å²) in [5.74, 6) is -0.443. The van der Waals surface area contributed by atoms with E-state index in [-0.39, 0.29) is 22.6 Å². The summed E-state index contributed by atoms with van der Waals surface area (Å²) >= 11 is 6.36. The number of hydrogen-bond acceptors (Lipinski definition) is 5. The molecule has 1 aliphatic carbocycles. The molecule has 0 saturated carbocycles. The van der Waals surface area contributed by atoms with E-state index in [0.29, 0.717) is 36.8 Å². The zero-order valence-electron chi connectivity index (χ0n) is 17.0. The van der Waals surface area contributed by atoms with E-state index in [2.05, 4.69) is 18.8 Å². The van der Waals surface area contributed by atoms with E-state index in [9.17, 15) is 14.7 Å². The lowest BCUT2D eigenvalue weighted by Crippen LogP contribution is -2.30. The van der Waals surface area contributed by atoms with Crippen molar-refractivity contribution < 1.29 is 19.4 Å². The third kappa shape index (κ3) is 4.02. The van der Waals surface area contributed by atoms with Crippen molar-refractivity contribution in [3.8, 4) is 17.1 Å². The number of nitrogens with zero attached hydrogens (tertiary/aromatic N) is 2. The van der Waals surface area contributed by atoms with Gasteiger partial charge in [-0.2, -0.15) is 0 Å². The Morgan fingerprint density at radius 3 is 2.72 bits per heavy atom. The topological polar surface area (TPSA) is 90.7 Å². The number of rotatable bonds is 7. The van der Waals surface area contributed by atoms with Crippen LogP contribution in [0.1, 0.15) is 47.7 Å². The predicted octanol–water partition coefficient (Wildman–Crippen LogP) is 3.51. The first-order valence-electron chi connectivity index (χ1n) is 9.55. The van der Waals surface area contributed by atoms with Crippen molar-refractivity contribution in [2.75, 3.05) is 20.3 Å². The van der Waals surface area contributed by atoms with Crippen LogP contribution in [-0.2, 0) is 18.2 Å². The van der Waals surface area contributed by atoms with Crippen molar-refractivity contribution in [1.82, 2.24) is 9.55 Å². The average molecular weight is 421 g/mol. The molecule has 2 aromatic heterocycles. The summed E-state index contributed by atoms with van der Waals surface area (Å²) in [5.41, 5.74) is 2.16. The fourth-order valence-corrected chi connectivity index (χ4v) is 3.99. The number of methoxy groups -OCH3 is 1. The van der Waals surface area contributed by atoms with E-state index in [4.69, 9.17) is 21.1 Å².